The molecule has 82 valence electrons. The molecule has 0 saturated carbocycles. The SMILES string of the molecule is C=C/C=C\C(=C(/C)NC=O)c1ccccc1. The Morgan fingerprint density at radius 2 is 2.00 bits per heavy atom. The normalized spacial score (nSPS) is 12.1. The van der Waals surface area contributed by atoms with E-state index >= 15 is 0 Å². The molecule has 0 spiro atoms. The van der Waals surface area contributed by atoms with Gasteiger partial charge in [0.05, 0.1) is 0 Å². The van der Waals surface area contributed by atoms with Gasteiger partial charge in [-0.3, -0.25) is 4.79 Å². The second-order valence-electron chi connectivity index (χ2n) is 3.26. The largest absolute Gasteiger partial charge is 0.332 e. The van der Waals surface area contributed by atoms with E-state index in [0.29, 0.717) is 6.41 Å². The Bertz CT molecular complexity index is 416. The van der Waals surface area contributed by atoms with Gasteiger partial charge in [0.2, 0.25) is 6.41 Å². The fraction of sp³-hybridized carbons (Fsp3) is 0.0714. The lowest BCUT2D eigenvalue weighted by Gasteiger charge is -2.07. The minimum absolute atomic E-state index is 0.681. The molecule has 2 nitrogen and oxygen atoms in total. The van der Waals surface area contributed by atoms with Crippen molar-refractivity contribution in [3.63, 3.8) is 0 Å². The summed E-state index contributed by atoms with van der Waals surface area (Å²) in [6.45, 7) is 5.50. The molecule has 0 heterocycles. The number of hydrogen-bond donors (Lipinski definition) is 1. The summed E-state index contributed by atoms with van der Waals surface area (Å²) in [5.41, 5.74) is 2.86. The summed E-state index contributed by atoms with van der Waals surface area (Å²) in [5.74, 6) is 0. The number of carbonyl (C=O) groups excluding carboxylic acids is 1. The van der Waals surface area contributed by atoms with Crippen LogP contribution in [0.2, 0.25) is 0 Å². The smallest absolute Gasteiger partial charge is 0.211 e. The van der Waals surface area contributed by atoms with Gasteiger partial charge in [0.15, 0.2) is 0 Å². The molecule has 0 bridgehead atoms. The Kier molecular flexibility index (Phi) is 4.80. The predicted molar refractivity (Wildman–Crippen MR) is 67.6 cm³/mol. The van der Waals surface area contributed by atoms with Gasteiger partial charge in [-0.1, -0.05) is 55.1 Å². The molecule has 0 unspecified atom stereocenters. The third kappa shape index (κ3) is 3.24. The van der Waals surface area contributed by atoms with Crippen LogP contribution in [0, 0.1) is 0 Å². The van der Waals surface area contributed by atoms with Gasteiger partial charge in [-0.05, 0) is 12.5 Å². The number of amides is 1. The van der Waals surface area contributed by atoms with Crippen LogP contribution in [-0.2, 0) is 4.79 Å². The summed E-state index contributed by atoms with van der Waals surface area (Å²) in [6, 6.07) is 9.88. The fourth-order valence-electron chi connectivity index (χ4n) is 1.39. The lowest BCUT2D eigenvalue weighted by Crippen LogP contribution is -2.09. The van der Waals surface area contributed by atoms with Crippen LogP contribution >= 0.6 is 0 Å². The van der Waals surface area contributed by atoms with Crippen molar-refractivity contribution in [2.45, 2.75) is 6.92 Å². The van der Waals surface area contributed by atoms with Gasteiger partial charge < -0.3 is 5.32 Å². The first-order valence-electron chi connectivity index (χ1n) is 5.05. The maximum Gasteiger partial charge on any atom is 0.211 e. The van der Waals surface area contributed by atoms with Crippen LogP contribution in [0.1, 0.15) is 12.5 Å². The molecule has 0 aliphatic rings. The predicted octanol–water partition coefficient (Wildman–Crippen LogP) is 2.91. The highest BCUT2D eigenvalue weighted by atomic mass is 16.1. The molecule has 1 rings (SSSR count). The molecular weight excluding hydrogens is 198 g/mol. The second kappa shape index (κ2) is 6.40. The quantitative estimate of drug-likeness (QED) is 0.591. The first-order valence-corrected chi connectivity index (χ1v) is 5.05. The molecule has 0 atom stereocenters. The first-order chi connectivity index (χ1) is 7.79. The molecule has 0 fully saturated rings. The van der Waals surface area contributed by atoms with Gasteiger partial charge in [0, 0.05) is 11.3 Å². The number of benzene rings is 1. The van der Waals surface area contributed by atoms with Crippen molar-refractivity contribution in [3.05, 3.63) is 66.4 Å². The molecule has 1 aromatic rings. The van der Waals surface area contributed by atoms with Gasteiger partial charge in [0.1, 0.15) is 0 Å². The molecule has 16 heavy (non-hydrogen) atoms. The molecule has 0 radical (unpaired) electrons. The molecule has 1 N–H and O–H groups in total. The van der Waals surface area contributed by atoms with E-state index in [9.17, 15) is 4.79 Å². The van der Waals surface area contributed by atoms with E-state index in [1.807, 2.05) is 49.4 Å². The van der Waals surface area contributed by atoms with Crippen molar-refractivity contribution in [1.29, 1.82) is 0 Å². The lowest BCUT2D eigenvalue weighted by atomic mass is 10.0. The Morgan fingerprint density at radius 3 is 2.56 bits per heavy atom. The standard InChI is InChI=1S/C14H15NO/c1-3-4-10-14(12(2)15-11-16)13-8-6-5-7-9-13/h3-11H,1H2,2H3,(H,15,16)/b10-4-,14-12-. The zero-order valence-electron chi connectivity index (χ0n) is 9.31. The van der Waals surface area contributed by atoms with E-state index in [1.54, 1.807) is 6.08 Å². The van der Waals surface area contributed by atoms with Crippen LogP contribution in [0.3, 0.4) is 0 Å². The number of nitrogens with one attached hydrogen (secondary N) is 1. The van der Waals surface area contributed by atoms with Crippen LogP contribution in [0.15, 0.2) is 60.8 Å². The topological polar surface area (TPSA) is 29.1 Å². The van der Waals surface area contributed by atoms with Crippen LogP contribution in [0.25, 0.3) is 5.57 Å². The lowest BCUT2D eigenvalue weighted by molar-refractivity contribution is -0.108. The summed E-state index contributed by atoms with van der Waals surface area (Å²) < 4.78 is 0. The van der Waals surface area contributed by atoms with Crippen LogP contribution in [0.4, 0.5) is 0 Å². The Labute approximate surface area is 96.0 Å². The van der Waals surface area contributed by atoms with E-state index in [1.165, 1.54) is 0 Å². The van der Waals surface area contributed by atoms with Gasteiger partial charge in [-0.25, -0.2) is 0 Å². The summed E-state index contributed by atoms with van der Waals surface area (Å²) in [6.07, 6.45) is 6.16. The molecule has 2 heteroatoms. The zero-order valence-corrected chi connectivity index (χ0v) is 9.31. The monoisotopic (exact) mass is 213 g/mol. The summed E-state index contributed by atoms with van der Waals surface area (Å²) >= 11 is 0. The summed E-state index contributed by atoms with van der Waals surface area (Å²) in [5, 5.41) is 2.67. The Balaban J connectivity index is 3.15. The molecule has 0 aromatic heterocycles. The number of allylic oxidation sites excluding steroid dienone is 5. The number of carbonyl (C=O) groups is 1. The fourth-order valence-corrected chi connectivity index (χ4v) is 1.39. The van der Waals surface area contributed by atoms with Crippen LogP contribution < -0.4 is 5.32 Å². The van der Waals surface area contributed by atoms with Crippen molar-refractivity contribution in [2.75, 3.05) is 0 Å². The van der Waals surface area contributed by atoms with Crippen molar-refractivity contribution in [2.24, 2.45) is 0 Å². The van der Waals surface area contributed by atoms with Crippen LogP contribution in [0.5, 0.6) is 0 Å². The van der Waals surface area contributed by atoms with Gasteiger partial charge >= 0.3 is 0 Å². The average molecular weight is 213 g/mol. The van der Waals surface area contributed by atoms with E-state index in [-0.39, 0.29) is 0 Å². The molecule has 1 aromatic carbocycles. The van der Waals surface area contributed by atoms with E-state index < -0.39 is 0 Å². The maximum atomic E-state index is 10.4. The first kappa shape index (κ1) is 12.0. The van der Waals surface area contributed by atoms with Gasteiger partial charge in [-0.2, -0.15) is 0 Å². The third-order valence-electron chi connectivity index (χ3n) is 2.16. The van der Waals surface area contributed by atoms with Crippen molar-refractivity contribution < 1.29 is 4.79 Å². The minimum Gasteiger partial charge on any atom is -0.332 e. The number of rotatable bonds is 5. The van der Waals surface area contributed by atoms with E-state index in [4.69, 9.17) is 0 Å². The average Bonchev–Trinajstić information content (AvgIpc) is 2.31. The highest BCUT2D eigenvalue weighted by molar-refractivity contribution is 5.78. The van der Waals surface area contributed by atoms with Gasteiger partial charge in [-0.15, -0.1) is 0 Å². The maximum absolute atomic E-state index is 10.4. The summed E-state index contributed by atoms with van der Waals surface area (Å²) in [7, 11) is 0. The highest BCUT2D eigenvalue weighted by Crippen LogP contribution is 2.18. The van der Waals surface area contributed by atoms with E-state index in [0.717, 1.165) is 16.8 Å². The molecule has 0 aliphatic carbocycles. The molecule has 1 amide bonds. The molecular formula is C14H15NO. The highest BCUT2D eigenvalue weighted by Gasteiger charge is 2.01. The zero-order chi connectivity index (χ0) is 11.8. The number of hydrogen-bond acceptors (Lipinski definition) is 1. The van der Waals surface area contributed by atoms with Crippen molar-refractivity contribution in [1.82, 2.24) is 5.32 Å². The van der Waals surface area contributed by atoms with Gasteiger partial charge in [0.25, 0.3) is 0 Å². The molecule has 0 saturated heterocycles. The van der Waals surface area contributed by atoms with E-state index in [2.05, 4.69) is 11.9 Å². The summed E-state index contributed by atoms with van der Waals surface area (Å²) in [4.78, 5) is 10.4. The third-order valence-corrected chi connectivity index (χ3v) is 2.16. The van der Waals surface area contributed by atoms with Crippen LogP contribution in [-0.4, -0.2) is 6.41 Å². The second-order valence-corrected chi connectivity index (χ2v) is 3.26. The molecule has 0 aliphatic heterocycles. The minimum atomic E-state index is 0.681. The van der Waals surface area contributed by atoms with Crippen molar-refractivity contribution >= 4 is 12.0 Å². The Morgan fingerprint density at radius 1 is 1.31 bits per heavy atom. The Hall–Kier alpha value is -2.09. The van der Waals surface area contributed by atoms with Crippen molar-refractivity contribution in [3.8, 4) is 0 Å².